The molecule has 3 aromatic rings. The van der Waals surface area contributed by atoms with Crippen LogP contribution in [0.15, 0.2) is 16.6 Å². The van der Waals surface area contributed by atoms with E-state index in [0.29, 0.717) is 0 Å². The second kappa shape index (κ2) is 7.46. The van der Waals surface area contributed by atoms with Gasteiger partial charge in [0.2, 0.25) is 0 Å². The quantitative estimate of drug-likeness (QED) is 0.518. The molecule has 0 N–H and O–H groups in total. The topological polar surface area (TPSA) is 57.7 Å². The molecular weight excluding hydrogens is 426 g/mol. The summed E-state index contributed by atoms with van der Waals surface area (Å²) >= 11 is 3.61. The zero-order chi connectivity index (χ0) is 20.9. The molecule has 0 aliphatic carbocycles. The summed E-state index contributed by atoms with van der Waals surface area (Å²) in [4.78, 5) is 12.0. The number of benzene rings is 1. The van der Waals surface area contributed by atoms with Crippen molar-refractivity contribution in [2.24, 2.45) is 5.92 Å². The van der Waals surface area contributed by atoms with Crippen molar-refractivity contribution in [1.29, 1.82) is 5.26 Å². The predicted molar refractivity (Wildman–Crippen MR) is 121 cm³/mol. The number of rotatable bonds is 2. The summed E-state index contributed by atoms with van der Waals surface area (Å²) in [5.74, 6) is 1.80. The first-order valence-corrected chi connectivity index (χ1v) is 10.9. The fourth-order valence-corrected chi connectivity index (χ4v) is 5.27. The first kappa shape index (κ1) is 19.9. The number of fused-ring (bicyclic) bond motifs is 1. The Morgan fingerprint density at radius 2 is 1.79 bits per heavy atom. The van der Waals surface area contributed by atoms with E-state index in [0.717, 1.165) is 53.1 Å². The molecule has 1 aromatic carbocycles. The number of hydrogen-bond donors (Lipinski definition) is 0. The molecule has 0 amide bonds. The molecule has 4 rings (SSSR count). The van der Waals surface area contributed by atoms with E-state index in [9.17, 15) is 5.26 Å². The molecule has 1 unspecified atom stereocenters. The van der Waals surface area contributed by atoms with Gasteiger partial charge in [-0.05, 0) is 76.3 Å². The van der Waals surface area contributed by atoms with Crippen molar-refractivity contribution in [3.8, 4) is 11.8 Å². The Balaban J connectivity index is 2.00. The van der Waals surface area contributed by atoms with Crippen LogP contribution in [-0.2, 0) is 0 Å². The van der Waals surface area contributed by atoms with Crippen molar-refractivity contribution in [3.63, 3.8) is 0 Å². The maximum Gasteiger partial charge on any atom is 0.150 e. The summed E-state index contributed by atoms with van der Waals surface area (Å²) in [7, 11) is 0. The van der Waals surface area contributed by atoms with Gasteiger partial charge in [-0.15, -0.1) is 0 Å². The molecule has 150 valence electrons. The number of halogens is 1. The number of nitriles is 1. The number of piperidine rings is 1. The van der Waals surface area contributed by atoms with Crippen molar-refractivity contribution in [2.45, 2.75) is 47.5 Å². The molecule has 29 heavy (non-hydrogen) atoms. The monoisotopic (exact) mass is 451 g/mol. The third kappa shape index (κ3) is 3.32. The highest BCUT2D eigenvalue weighted by Gasteiger charge is 2.26. The minimum Gasteiger partial charge on any atom is -0.355 e. The van der Waals surface area contributed by atoms with Crippen LogP contribution in [-0.4, -0.2) is 27.6 Å². The van der Waals surface area contributed by atoms with Gasteiger partial charge < -0.3 is 4.90 Å². The van der Waals surface area contributed by atoms with Crippen molar-refractivity contribution < 1.29 is 0 Å². The van der Waals surface area contributed by atoms with Crippen molar-refractivity contribution >= 4 is 32.8 Å². The average molecular weight is 452 g/mol. The maximum atomic E-state index is 9.44. The first-order valence-electron chi connectivity index (χ1n) is 10.1. The molecule has 0 saturated carbocycles. The molecule has 1 atom stereocenters. The van der Waals surface area contributed by atoms with Gasteiger partial charge in [-0.2, -0.15) is 5.26 Å². The lowest BCUT2D eigenvalue weighted by Crippen LogP contribution is -2.35. The summed E-state index contributed by atoms with van der Waals surface area (Å²) in [6.45, 7) is 12.2. The number of aromatic nitrogens is 3. The zero-order valence-corrected chi connectivity index (χ0v) is 19.3. The normalized spacial score (nSPS) is 17.0. The molecule has 5 nitrogen and oxygen atoms in total. The molecule has 1 aliphatic heterocycles. The lowest BCUT2D eigenvalue weighted by molar-refractivity contribution is 0.491. The summed E-state index contributed by atoms with van der Waals surface area (Å²) in [5, 5.41) is 10.5. The van der Waals surface area contributed by atoms with E-state index in [1.54, 1.807) is 0 Å². The molecule has 6 heteroatoms. The third-order valence-corrected chi connectivity index (χ3v) is 6.49. The fraction of sp³-hybridized carbons (Fsp3) is 0.435. The molecule has 0 bridgehead atoms. The highest BCUT2D eigenvalue weighted by atomic mass is 79.9. The maximum absolute atomic E-state index is 9.44. The van der Waals surface area contributed by atoms with Gasteiger partial charge in [-0.25, -0.2) is 9.97 Å². The lowest BCUT2D eigenvalue weighted by Gasteiger charge is -2.31. The standard InChI is InChI=1S/C23H26BrN5/c1-13-9-19(24)10-14(2)21(13)29-16(4)15(3)20-22(26-17(5)27-23(20)29)28-8-6-7-18(11-25)12-28/h9-10,18H,6-8,12H2,1-5H3. The van der Waals surface area contributed by atoms with E-state index >= 15 is 0 Å². The van der Waals surface area contributed by atoms with Crippen LogP contribution in [0.4, 0.5) is 5.82 Å². The largest absolute Gasteiger partial charge is 0.355 e. The highest BCUT2D eigenvalue weighted by molar-refractivity contribution is 9.10. The molecule has 1 fully saturated rings. The van der Waals surface area contributed by atoms with Gasteiger partial charge in [0.05, 0.1) is 23.1 Å². The van der Waals surface area contributed by atoms with E-state index in [4.69, 9.17) is 9.97 Å². The van der Waals surface area contributed by atoms with Crippen LogP contribution in [0.2, 0.25) is 0 Å². The van der Waals surface area contributed by atoms with Gasteiger partial charge in [-0.3, -0.25) is 4.57 Å². The number of anilines is 1. The Morgan fingerprint density at radius 1 is 1.10 bits per heavy atom. The Hall–Kier alpha value is -2.39. The number of nitrogens with zero attached hydrogens (tertiary/aromatic N) is 5. The summed E-state index contributed by atoms with van der Waals surface area (Å²) in [6, 6.07) is 6.75. The Morgan fingerprint density at radius 3 is 2.45 bits per heavy atom. The number of aryl methyl sites for hydroxylation is 4. The Labute approximate surface area is 180 Å². The predicted octanol–water partition coefficient (Wildman–Crippen LogP) is 5.47. The third-order valence-electron chi connectivity index (χ3n) is 6.03. The van der Waals surface area contributed by atoms with Gasteiger partial charge in [0.25, 0.3) is 0 Å². The molecular formula is C23H26BrN5. The van der Waals surface area contributed by atoms with E-state index in [1.165, 1.54) is 28.1 Å². The van der Waals surface area contributed by atoms with Crippen LogP contribution >= 0.6 is 15.9 Å². The molecule has 1 saturated heterocycles. The second-order valence-corrected chi connectivity index (χ2v) is 9.06. The molecule has 0 spiro atoms. The van der Waals surface area contributed by atoms with Crippen LogP contribution in [0.5, 0.6) is 0 Å². The lowest BCUT2D eigenvalue weighted by atomic mass is 9.99. The first-order chi connectivity index (χ1) is 13.8. The van der Waals surface area contributed by atoms with E-state index in [1.807, 2.05) is 6.92 Å². The van der Waals surface area contributed by atoms with Crippen LogP contribution in [0, 0.1) is 51.9 Å². The minimum absolute atomic E-state index is 0.0634. The molecule has 3 heterocycles. The SMILES string of the molecule is Cc1nc(N2CCCC(C#N)C2)c2c(C)c(C)n(-c3c(C)cc(Br)cc3C)c2n1. The fourth-order valence-electron chi connectivity index (χ4n) is 4.58. The average Bonchev–Trinajstić information content (AvgIpc) is 2.91. The van der Waals surface area contributed by atoms with E-state index < -0.39 is 0 Å². The van der Waals surface area contributed by atoms with Crippen LogP contribution in [0.1, 0.15) is 41.1 Å². The molecule has 2 aromatic heterocycles. The zero-order valence-electron chi connectivity index (χ0n) is 17.7. The van der Waals surface area contributed by atoms with Crippen LogP contribution in [0.3, 0.4) is 0 Å². The van der Waals surface area contributed by atoms with Crippen molar-refractivity contribution in [2.75, 3.05) is 18.0 Å². The van der Waals surface area contributed by atoms with Crippen molar-refractivity contribution in [1.82, 2.24) is 14.5 Å². The number of hydrogen-bond acceptors (Lipinski definition) is 4. The molecule has 1 aliphatic rings. The minimum atomic E-state index is 0.0634. The van der Waals surface area contributed by atoms with Crippen LogP contribution < -0.4 is 4.90 Å². The summed E-state index contributed by atoms with van der Waals surface area (Å²) in [6.07, 6.45) is 1.99. The Bertz CT molecular complexity index is 1130. The van der Waals surface area contributed by atoms with Gasteiger partial charge in [0, 0.05) is 23.3 Å². The summed E-state index contributed by atoms with van der Waals surface area (Å²) in [5.41, 5.74) is 6.94. The second-order valence-electron chi connectivity index (χ2n) is 8.14. The van der Waals surface area contributed by atoms with Crippen molar-refractivity contribution in [3.05, 3.63) is 44.8 Å². The Kier molecular flexibility index (Phi) is 5.12. The smallest absolute Gasteiger partial charge is 0.150 e. The molecule has 0 radical (unpaired) electrons. The highest BCUT2D eigenvalue weighted by Crippen LogP contribution is 2.37. The van der Waals surface area contributed by atoms with E-state index in [2.05, 4.69) is 71.3 Å². The van der Waals surface area contributed by atoms with Gasteiger partial charge in [0.15, 0.2) is 5.65 Å². The van der Waals surface area contributed by atoms with E-state index in [-0.39, 0.29) is 5.92 Å². The van der Waals surface area contributed by atoms with Gasteiger partial charge in [-0.1, -0.05) is 15.9 Å². The van der Waals surface area contributed by atoms with Gasteiger partial charge >= 0.3 is 0 Å². The van der Waals surface area contributed by atoms with Gasteiger partial charge in [0.1, 0.15) is 11.6 Å². The summed E-state index contributed by atoms with van der Waals surface area (Å²) < 4.78 is 3.37. The van der Waals surface area contributed by atoms with Crippen LogP contribution in [0.25, 0.3) is 16.7 Å².